The number of rotatable bonds is 8. The van der Waals surface area contributed by atoms with E-state index in [0.29, 0.717) is 22.0 Å². The lowest BCUT2D eigenvalue weighted by Crippen LogP contribution is -2.37. The lowest BCUT2D eigenvalue weighted by Gasteiger charge is -2.21. The third-order valence-corrected chi connectivity index (χ3v) is 6.97. The van der Waals surface area contributed by atoms with Crippen molar-refractivity contribution in [1.82, 2.24) is 15.2 Å². The lowest BCUT2D eigenvalue weighted by molar-refractivity contribution is -0.118. The molecule has 1 saturated carbocycles. The van der Waals surface area contributed by atoms with Gasteiger partial charge < -0.3 is 20.5 Å². The molecule has 1 aliphatic carbocycles. The Morgan fingerprint density at radius 1 is 1.00 bits per heavy atom. The first-order chi connectivity index (χ1) is 17.3. The Morgan fingerprint density at radius 3 is 2.39 bits per heavy atom. The summed E-state index contributed by atoms with van der Waals surface area (Å²) < 4.78 is 0. The van der Waals surface area contributed by atoms with Crippen LogP contribution < -0.4 is 10.6 Å². The molecule has 1 fully saturated rings. The standard InChI is InChI=1S/C29H29ClN4O2/c1-34(2)18-29(14-15-29)21-8-11-23(12-9-21)31-28(36)26(19-6-4-3-5-7-19)33-27(35)25-17-20-16-22(30)10-13-24(20)32-25/h3-13,16-17,26,32H,14-15,18H2,1-2H3,(H,31,36)(H,33,35). The lowest BCUT2D eigenvalue weighted by atomic mass is 9.95. The molecule has 1 aromatic heterocycles. The minimum Gasteiger partial charge on any atom is -0.351 e. The van der Waals surface area contributed by atoms with Crippen molar-refractivity contribution in [3.8, 4) is 0 Å². The first-order valence-corrected chi connectivity index (χ1v) is 12.4. The number of likely N-dealkylation sites (N-methyl/N-ethyl adjacent to an activating group) is 1. The Hall–Kier alpha value is -3.61. The number of halogens is 1. The van der Waals surface area contributed by atoms with Crippen LogP contribution >= 0.6 is 11.6 Å². The van der Waals surface area contributed by atoms with Crippen LogP contribution in [0.1, 0.15) is 40.5 Å². The molecule has 1 aliphatic rings. The molecule has 4 aromatic rings. The number of carbonyl (C=O) groups is 2. The third kappa shape index (κ3) is 5.15. The van der Waals surface area contributed by atoms with E-state index in [1.165, 1.54) is 18.4 Å². The fraction of sp³-hybridized carbons (Fsp3) is 0.241. The Kier molecular flexibility index (Phi) is 6.56. The maximum absolute atomic E-state index is 13.4. The van der Waals surface area contributed by atoms with Gasteiger partial charge in [0.05, 0.1) is 0 Å². The number of hydrogen-bond acceptors (Lipinski definition) is 3. The predicted octanol–water partition coefficient (Wildman–Crippen LogP) is 5.52. The average Bonchev–Trinajstić information content (AvgIpc) is 3.51. The van der Waals surface area contributed by atoms with Gasteiger partial charge >= 0.3 is 0 Å². The summed E-state index contributed by atoms with van der Waals surface area (Å²) in [5.41, 5.74) is 4.06. The van der Waals surface area contributed by atoms with Crippen molar-refractivity contribution in [3.63, 3.8) is 0 Å². The minimum absolute atomic E-state index is 0.219. The highest BCUT2D eigenvalue weighted by Crippen LogP contribution is 2.48. The van der Waals surface area contributed by atoms with E-state index in [9.17, 15) is 9.59 Å². The molecule has 0 saturated heterocycles. The van der Waals surface area contributed by atoms with Gasteiger partial charge in [-0.15, -0.1) is 0 Å². The highest BCUT2D eigenvalue weighted by molar-refractivity contribution is 6.31. The molecule has 0 spiro atoms. The molecule has 0 aliphatic heterocycles. The van der Waals surface area contributed by atoms with E-state index in [4.69, 9.17) is 11.6 Å². The molecule has 184 valence electrons. The molecule has 3 N–H and O–H groups in total. The van der Waals surface area contributed by atoms with Gasteiger partial charge in [0.15, 0.2) is 0 Å². The van der Waals surface area contributed by atoms with Gasteiger partial charge in [0.1, 0.15) is 11.7 Å². The van der Waals surface area contributed by atoms with Gasteiger partial charge in [0.25, 0.3) is 11.8 Å². The van der Waals surface area contributed by atoms with Crippen molar-refractivity contribution >= 4 is 40.0 Å². The molecular weight excluding hydrogens is 472 g/mol. The topological polar surface area (TPSA) is 77.2 Å². The number of fused-ring (bicyclic) bond motifs is 1. The van der Waals surface area contributed by atoms with Crippen LogP contribution in [-0.4, -0.2) is 42.3 Å². The van der Waals surface area contributed by atoms with Crippen LogP contribution in [0.2, 0.25) is 5.02 Å². The quantitative estimate of drug-likeness (QED) is 0.298. The molecule has 1 heterocycles. The fourth-order valence-electron chi connectivity index (χ4n) is 4.80. The molecule has 5 rings (SSSR count). The summed E-state index contributed by atoms with van der Waals surface area (Å²) in [6, 6.07) is 23.5. The zero-order valence-corrected chi connectivity index (χ0v) is 21.1. The molecule has 2 amide bonds. The first kappa shape index (κ1) is 24.1. The van der Waals surface area contributed by atoms with Gasteiger partial charge in [-0.3, -0.25) is 9.59 Å². The summed E-state index contributed by atoms with van der Waals surface area (Å²) in [5, 5.41) is 7.29. The van der Waals surface area contributed by atoms with Gasteiger partial charge in [0.2, 0.25) is 0 Å². The Morgan fingerprint density at radius 2 is 1.72 bits per heavy atom. The van der Waals surface area contributed by atoms with Crippen molar-refractivity contribution < 1.29 is 9.59 Å². The van der Waals surface area contributed by atoms with Gasteiger partial charge in [-0.2, -0.15) is 0 Å². The van der Waals surface area contributed by atoms with E-state index in [1.807, 2.05) is 48.5 Å². The molecule has 36 heavy (non-hydrogen) atoms. The molecular formula is C29H29ClN4O2. The van der Waals surface area contributed by atoms with E-state index >= 15 is 0 Å². The van der Waals surface area contributed by atoms with Crippen LogP contribution in [0.3, 0.4) is 0 Å². The fourth-order valence-corrected chi connectivity index (χ4v) is 4.98. The van der Waals surface area contributed by atoms with Crippen LogP contribution in [0.15, 0.2) is 78.9 Å². The van der Waals surface area contributed by atoms with Crippen molar-refractivity contribution in [1.29, 1.82) is 0 Å². The number of aromatic nitrogens is 1. The van der Waals surface area contributed by atoms with Crippen LogP contribution in [0.5, 0.6) is 0 Å². The van der Waals surface area contributed by atoms with Gasteiger partial charge in [-0.05, 0) is 74.5 Å². The van der Waals surface area contributed by atoms with Crippen LogP contribution in [0, 0.1) is 0 Å². The molecule has 0 radical (unpaired) electrons. The smallest absolute Gasteiger partial charge is 0.268 e. The summed E-state index contributed by atoms with van der Waals surface area (Å²) in [7, 11) is 4.19. The van der Waals surface area contributed by atoms with E-state index in [1.54, 1.807) is 18.2 Å². The van der Waals surface area contributed by atoms with Crippen LogP contribution in [0.25, 0.3) is 10.9 Å². The third-order valence-electron chi connectivity index (χ3n) is 6.74. The normalized spacial score (nSPS) is 15.0. The largest absolute Gasteiger partial charge is 0.351 e. The zero-order valence-electron chi connectivity index (χ0n) is 20.3. The van der Waals surface area contributed by atoms with Gasteiger partial charge in [-0.25, -0.2) is 0 Å². The predicted molar refractivity (Wildman–Crippen MR) is 144 cm³/mol. The van der Waals surface area contributed by atoms with Crippen molar-refractivity contribution in [3.05, 3.63) is 101 Å². The molecule has 1 unspecified atom stereocenters. The number of anilines is 1. The maximum Gasteiger partial charge on any atom is 0.268 e. The Balaban J connectivity index is 1.34. The average molecular weight is 501 g/mol. The SMILES string of the molecule is CN(C)CC1(c2ccc(NC(=O)C(NC(=O)c3cc4cc(Cl)ccc4[nH]3)c3ccccc3)cc2)CC1. The molecule has 7 heteroatoms. The number of nitrogens with one attached hydrogen (secondary N) is 3. The minimum atomic E-state index is -0.864. The monoisotopic (exact) mass is 500 g/mol. The number of amides is 2. The maximum atomic E-state index is 13.4. The molecule has 0 bridgehead atoms. The number of carbonyl (C=O) groups excluding carboxylic acids is 2. The Labute approximate surface area is 215 Å². The summed E-state index contributed by atoms with van der Waals surface area (Å²) in [4.78, 5) is 31.8. The number of hydrogen-bond donors (Lipinski definition) is 3. The summed E-state index contributed by atoms with van der Waals surface area (Å²) in [6.45, 7) is 1.01. The van der Waals surface area contributed by atoms with Gasteiger partial charge in [0, 0.05) is 33.6 Å². The second kappa shape index (κ2) is 9.80. The summed E-state index contributed by atoms with van der Waals surface area (Å²) in [5.74, 6) is -0.683. The zero-order chi connectivity index (χ0) is 25.3. The number of H-pyrrole nitrogens is 1. The van der Waals surface area contributed by atoms with E-state index < -0.39 is 6.04 Å². The van der Waals surface area contributed by atoms with Gasteiger partial charge in [-0.1, -0.05) is 54.1 Å². The van der Waals surface area contributed by atoms with Crippen molar-refractivity contribution in [2.24, 2.45) is 0 Å². The van der Waals surface area contributed by atoms with E-state index in [-0.39, 0.29) is 17.2 Å². The highest BCUT2D eigenvalue weighted by atomic mass is 35.5. The highest BCUT2D eigenvalue weighted by Gasteiger charge is 2.44. The van der Waals surface area contributed by atoms with Crippen LogP contribution in [0.4, 0.5) is 5.69 Å². The molecule has 1 atom stereocenters. The van der Waals surface area contributed by atoms with E-state index in [0.717, 1.165) is 17.4 Å². The Bertz CT molecular complexity index is 1390. The molecule has 3 aromatic carbocycles. The molecule has 6 nitrogen and oxygen atoms in total. The first-order valence-electron chi connectivity index (χ1n) is 12.0. The number of nitrogens with zero attached hydrogens (tertiary/aromatic N) is 1. The van der Waals surface area contributed by atoms with E-state index in [2.05, 4.69) is 46.7 Å². The number of benzene rings is 3. The number of aromatic amines is 1. The van der Waals surface area contributed by atoms with Crippen molar-refractivity contribution in [2.45, 2.75) is 24.3 Å². The second-order valence-electron chi connectivity index (χ2n) is 9.82. The van der Waals surface area contributed by atoms with Crippen molar-refractivity contribution in [2.75, 3.05) is 26.0 Å². The summed E-state index contributed by atoms with van der Waals surface area (Å²) >= 11 is 6.08. The van der Waals surface area contributed by atoms with Crippen LogP contribution in [-0.2, 0) is 10.2 Å². The summed E-state index contributed by atoms with van der Waals surface area (Å²) in [6.07, 6.45) is 2.36. The second-order valence-corrected chi connectivity index (χ2v) is 10.3.